The second kappa shape index (κ2) is 2.19. The zero-order valence-corrected chi connectivity index (χ0v) is 6.89. The van der Waals surface area contributed by atoms with Crippen molar-refractivity contribution in [1.29, 1.82) is 0 Å². The molecule has 1 aromatic rings. The molecule has 0 bridgehead atoms. The summed E-state index contributed by atoms with van der Waals surface area (Å²) in [5.74, 6) is 0. The quantitative estimate of drug-likeness (QED) is 0.546. The number of hydrogen-bond acceptors (Lipinski definition) is 1. The summed E-state index contributed by atoms with van der Waals surface area (Å²) in [6.45, 7) is 4.29. The van der Waals surface area contributed by atoms with E-state index in [9.17, 15) is 0 Å². The number of allylic oxidation sites excluding steroid dienone is 1. The van der Waals surface area contributed by atoms with Gasteiger partial charge < -0.3 is 0 Å². The lowest BCUT2D eigenvalue weighted by Gasteiger charge is -1.99. The number of aryl methyl sites for hydroxylation is 1. The van der Waals surface area contributed by atoms with Crippen LogP contribution in [0.25, 0.3) is 6.08 Å². The average Bonchev–Trinajstić information content (AvgIpc) is 2.31. The van der Waals surface area contributed by atoms with E-state index < -0.39 is 0 Å². The van der Waals surface area contributed by atoms with Crippen molar-refractivity contribution in [3.63, 3.8) is 0 Å². The van der Waals surface area contributed by atoms with E-state index in [4.69, 9.17) is 0 Å². The third-order valence-electron chi connectivity index (χ3n) is 2.13. The minimum Gasteiger partial charge on any atom is -0.260 e. The molecule has 0 aromatic carbocycles. The highest BCUT2D eigenvalue weighted by Gasteiger charge is 2.11. The molecule has 1 heterocycles. The lowest BCUT2D eigenvalue weighted by molar-refractivity contribution is 1.07. The van der Waals surface area contributed by atoms with Crippen LogP contribution >= 0.6 is 0 Å². The Hall–Kier alpha value is -1.11. The van der Waals surface area contributed by atoms with Gasteiger partial charge in [0.15, 0.2) is 0 Å². The van der Waals surface area contributed by atoms with E-state index in [0.717, 1.165) is 6.42 Å². The maximum atomic E-state index is 4.32. The minimum absolute atomic E-state index is 1.04. The Kier molecular flexibility index (Phi) is 1.31. The number of pyridine rings is 1. The van der Waals surface area contributed by atoms with Crippen LogP contribution in [0.3, 0.4) is 0 Å². The average molecular weight is 145 g/mol. The summed E-state index contributed by atoms with van der Waals surface area (Å²) in [4.78, 5) is 4.32. The molecule has 1 aliphatic carbocycles. The zero-order valence-electron chi connectivity index (χ0n) is 6.89. The Labute approximate surface area is 66.8 Å². The van der Waals surface area contributed by atoms with E-state index in [1.165, 1.54) is 22.4 Å². The van der Waals surface area contributed by atoms with Gasteiger partial charge in [-0.3, -0.25) is 4.98 Å². The van der Waals surface area contributed by atoms with E-state index in [2.05, 4.69) is 31.0 Å². The molecule has 0 unspecified atom stereocenters. The molecule has 0 aliphatic heterocycles. The molecule has 2 rings (SSSR count). The largest absolute Gasteiger partial charge is 0.260 e. The fourth-order valence-corrected chi connectivity index (χ4v) is 1.53. The van der Waals surface area contributed by atoms with E-state index in [0.29, 0.717) is 0 Å². The van der Waals surface area contributed by atoms with Crippen molar-refractivity contribution in [2.75, 3.05) is 0 Å². The molecule has 56 valence electrons. The molecule has 0 saturated heterocycles. The van der Waals surface area contributed by atoms with Gasteiger partial charge in [-0.25, -0.2) is 0 Å². The van der Waals surface area contributed by atoms with Crippen LogP contribution in [-0.4, -0.2) is 4.98 Å². The third kappa shape index (κ3) is 0.967. The first kappa shape index (κ1) is 6.59. The zero-order chi connectivity index (χ0) is 7.84. The van der Waals surface area contributed by atoms with E-state index in [-0.39, 0.29) is 0 Å². The molecule has 0 atom stereocenters. The van der Waals surface area contributed by atoms with Gasteiger partial charge in [-0.05, 0) is 31.0 Å². The molecule has 0 spiro atoms. The van der Waals surface area contributed by atoms with Gasteiger partial charge in [0.25, 0.3) is 0 Å². The van der Waals surface area contributed by atoms with Gasteiger partial charge in [-0.1, -0.05) is 11.6 Å². The van der Waals surface area contributed by atoms with Gasteiger partial charge in [-0.15, -0.1) is 0 Å². The van der Waals surface area contributed by atoms with Crippen LogP contribution in [0.2, 0.25) is 0 Å². The van der Waals surface area contributed by atoms with Crippen molar-refractivity contribution in [2.24, 2.45) is 0 Å². The minimum atomic E-state index is 1.04. The highest BCUT2D eigenvalue weighted by atomic mass is 14.7. The van der Waals surface area contributed by atoms with Crippen LogP contribution < -0.4 is 0 Å². The SMILES string of the molecule is CC1=Cc2c(C)ccnc2C1. The number of aromatic nitrogens is 1. The summed E-state index contributed by atoms with van der Waals surface area (Å²) in [6.07, 6.45) is 5.16. The predicted octanol–water partition coefficient (Wildman–Crippen LogP) is 2.35. The lowest BCUT2D eigenvalue weighted by Crippen LogP contribution is -1.89. The Morgan fingerprint density at radius 3 is 2.91 bits per heavy atom. The van der Waals surface area contributed by atoms with Gasteiger partial charge in [-0.2, -0.15) is 0 Å². The fourth-order valence-electron chi connectivity index (χ4n) is 1.53. The van der Waals surface area contributed by atoms with Crippen LogP contribution in [-0.2, 0) is 6.42 Å². The number of rotatable bonds is 0. The molecule has 1 nitrogen and oxygen atoms in total. The monoisotopic (exact) mass is 145 g/mol. The summed E-state index contributed by atoms with van der Waals surface area (Å²) in [7, 11) is 0. The Bertz CT molecular complexity index is 324. The first-order valence-corrected chi connectivity index (χ1v) is 3.89. The second-order valence-electron chi connectivity index (χ2n) is 3.16. The molecule has 0 saturated carbocycles. The molecule has 11 heavy (non-hydrogen) atoms. The summed E-state index contributed by atoms with van der Waals surface area (Å²) in [5, 5.41) is 0. The molecule has 1 aromatic heterocycles. The van der Waals surface area contributed by atoms with Crippen molar-refractivity contribution in [3.8, 4) is 0 Å². The van der Waals surface area contributed by atoms with Crippen molar-refractivity contribution in [3.05, 3.63) is 34.7 Å². The molecule has 0 fully saturated rings. The van der Waals surface area contributed by atoms with Gasteiger partial charge >= 0.3 is 0 Å². The highest BCUT2D eigenvalue weighted by Crippen LogP contribution is 2.24. The maximum absolute atomic E-state index is 4.32. The van der Waals surface area contributed by atoms with Crippen LogP contribution in [0.4, 0.5) is 0 Å². The summed E-state index contributed by atoms with van der Waals surface area (Å²) < 4.78 is 0. The van der Waals surface area contributed by atoms with Crippen LogP contribution in [0.5, 0.6) is 0 Å². The maximum Gasteiger partial charge on any atom is 0.0518 e. The number of nitrogens with zero attached hydrogens (tertiary/aromatic N) is 1. The molecule has 0 radical (unpaired) electrons. The van der Waals surface area contributed by atoms with Crippen LogP contribution in [0, 0.1) is 6.92 Å². The third-order valence-corrected chi connectivity index (χ3v) is 2.13. The molecule has 0 N–H and O–H groups in total. The van der Waals surface area contributed by atoms with Crippen molar-refractivity contribution in [2.45, 2.75) is 20.3 Å². The number of hydrogen-bond donors (Lipinski definition) is 0. The van der Waals surface area contributed by atoms with Crippen LogP contribution in [0.1, 0.15) is 23.7 Å². The molecule has 1 aliphatic rings. The Morgan fingerprint density at radius 2 is 2.18 bits per heavy atom. The molecular weight excluding hydrogens is 134 g/mol. The predicted molar refractivity (Wildman–Crippen MR) is 46.3 cm³/mol. The smallest absolute Gasteiger partial charge is 0.0518 e. The topological polar surface area (TPSA) is 12.9 Å². The van der Waals surface area contributed by atoms with Gasteiger partial charge in [0, 0.05) is 12.6 Å². The lowest BCUT2D eigenvalue weighted by atomic mass is 10.1. The van der Waals surface area contributed by atoms with Crippen molar-refractivity contribution >= 4 is 6.08 Å². The Morgan fingerprint density at radius 1 is 1.36 bits per heavy atom. The first-order chi connectivity index (χ1) is 5.27. The first-order valence-electron chi connectivity index (χ1n) is 3.89. The van der Waals surface area contributed by atoms with E-state index in [1.807, 2.05) is 6.20 Å². The normalized spacial score (nSPS) is 14.5. The van der Waals surface area contributed by atoms with Gasteiger partial charge in [0.05, 0.1) is 5.69 Å². The van der Waals surface area contributed by atoms with E-state index in [1.54, 1.807) is 0 Å². The standard InChI is InChI=1S/C10H11N/c1-7-5-9-8(2)3-4-11-10(9)6-7/h3-5H,6H2,1-2H3. The van der Waals surface area contributed by atoms with E-state index >= 15 is 0 Å². The summed E-state index contributed by atoms with van der Waals surface area (Å²) in [6, 6.07) is 2.06. The molecule has 0 amide bonds. The highest BCUT2D eigenvalue weighted by molar-refractivity contribution is 5.63. The van der Waals surface area contributed by atoms with Crippen molar-refractivity contribution < 1.29 is 0 Å². The van der Waals surface area contributed by atoms with Gasteiger partial charge in [0.1, 0.15) is 0 Å². The second-order valence-corrected chi connectivity index (χ2v) is 3.16. The Balaban J connectivity index is 2.61. The fraction of sp³-hybridized carbons (Fsp3) is 0.300. The van der Waals surface area contributed by atoms with Crippen molar-refractivity contribution in [1.82, 2.24) is 4.98 Å². The molecule has 1 heteroatoms. The number of fused-ring (bicyclic) bond motifs is 1. The van der Waals surface area contributed by atoms with Gasteiger partial charge in [0.2, 0.25) is 0 Å². The summed E-state index contributed by atoms with van der Waals surface area (Å²) in [5.41, 5.74) is 5.33. The summed E-state index contributed by atoms with van der Waals surface area (Å²) >= 11 is 0. The van der Waals surface area contributed by atoms with Crippen LogP contribution in [0.15, 0.2) is 17.8 Å². The molecular formula is C10H11N.